The number of benzene rings is 1. The number of carbonyl (C=O) groups excluding carboxylic acids is 1. The predicted octanol–water partition coefficient (Wildman–Crippen LogP) is 2.87. The van der Waals surface area contributed by atoms with Gasteiger partial charge in [0.1, 0.15) is 5.25 Å². The van der Waals surface area contributed by atoms with E-state index in [1.54, 1.807) is 0 Å². The monoisotopic (exact) mass is 318 g/mol. The largest absolute Gasteiger partial charge is 0.341 e. The Morgan fingerprint density at radius 2 is 2.09 bits per heavy atom. The number of thioether (sulfide) groups is 1. The van der Waals surface area contributed by atoms with Crippen LogP contribution in [0.25, 0.3) is 0 Å². The van der Waals surface area contributed by atoms with E-state index in [0.717, 1.165) is 57.1 Å². The van der Waals surface area contributed by atoms with Crippen molar-refractivity contribution < 1.29 is 4.79 Å². The first kappa shape index (κ1) is 15.9. The summed E-state index contributed by atoms with van der Waals surface area (Å²) < 4.78 is 0. The average Bonchev–Trinajstić information content (AvgIpc) is 2.59. The highest BCUT2D eigenvalue weighted by Gasteiger charge is 2.32. The maximum atomic E-state index is 12.9. The van der Waals surface area contributed by atoms with Gasteiger partial charge in [-0.25, -0.2) is 0 Å². The van der Waals surface area contributed by atoms with Crippen molar-refractivity contribution in [2.75, 3.05) is 31.9 Å². The molecule has 1 aromatic rings. The number of nitrogens with zero attached hydrogens (tertiary/aromatic N) is 1. The highest BCUT2D eigenvalue weighted by molar-refractivity contribution is 8.00. The summed E-state index contributed by atoms with van der Waals surface area (Å²) in [5, 5.41) is 3.45. The summed E-state index contributed by atoms with van der Waals surface area (Å²) >= 11 is 1.82. The van der Waals surface area contributed by atoms with Gasteiger partial charge < -0.3 is 10.2 Å². The van der Waals surface area contributed by atoms with E-state index in [1.807, 2.05) is 11.8 Å². The lowest BCUT2D eigenvalue weighted by molar-refractivity contribution is -0.132. The highest BCUT2D eigenvalue weighted by atomic mass is 32.2. The number of amides is 1. The zero-order valence-corrected chi connectivity index (χ0v) is 14.2. The summed E-state index contributed by atoms with van der Waals surface area (Å²) in [4.78, 5) is 15.0. The Kier molecular flexibility index (Phi) is 5.42. The Labute approximate surface area is 137 Å². The molecule has 0 aliphatic carbocycles. The fraction of sp³-hybridized carbons (Fsp3) is 0.611. The number of hydrogen-bond donors (Lipinski definition) is 1. The molecule has 1 aromatic carbocycles. The van der Waals surface area contributed by atoms with Crippen molar-refractivity contribution >= 4 is 17.7 Å². The number of likely N-dealkylation sites (tertiary alicyclic amines) is 1. The van der Waals surface area contributed by atoms with Crippen LogP contribution in [-0.2, 0) is 11.2 Å². The molecule has 0 bridgehead atoms. The quantitative estimate of drug-likeness (QED) is 0.926. The Hall–Kier alpha value is -1.00. The molecule has 1 fully saturated rings. The molecule has 1 N–H and O–H groups in total. The van der Waals surface area contributed by atoms with Gasteiger partial charge in [0.2, 0.25) is 5.91 Å². The molecule has 0 spiro atoms. The molecule has 3 rings (SSSR count). The van der Waals surface area contributed by atoms with Gasteiger partial charge in [-0.2, -0.15) is 0 Å². The molecule has 22 heavy (non-hydrogen) atoms. The van der Waals surface area contributed by atoms with Gasteiger partial charge in [0.25, 0.3) is 0 Å². The molecular formula is C18H26N2OS. The zero-order valence-electron chi connectivity index (χ0n) is 13.4. The van der Waals surface area contributed by atoms with Crippen molar-refractivity contribution in [2.45, 2.75) is 31.4 Å². The van der Waals surface area contributed by atoms with Crippen LogP contribution >= 0.6 is 11.8 Å². The van der Waals surface area contributed by atoms with Gasteiger partial charge in [0.05, 0.1) is 0 Å². The maximum Gasteiger partial charge on any atom is 0.240 e. The van der Waals surface area contributed by atoms with Crippen molar-refractivity contribution in [3.63, 3.8) is 0 Å². The second kappa shape index (κ2) is 7.51. The third-order valence-electron chi connectivity index (χ3n) is 4.83. The number of hydrogen-bond acceptors (Lipinski definition) is 3. The molecule has 3 nitrogen and oxygen atoms in total. The molecule has 1 saturated heterocycles. The van der Waals surface area contributed by atoms with Crippen LogP contribution in [0.4, 0.5) is 0 Å². The Morgan fingerprint density at radius 3 is 2.86 bits per heavy atom. The second-order valence-electron chi connectivity index (χ2n) is 6.28. The lowest BCUT2D eigenvalue weighted by atomic mass is 9.95. The predicted molar refractivity (Wildman–Crippen MR) is 93.2 cm³/mol. The summed E-state index contributed by atoms with van der Waals surface area (Å²) in [7, 11) is 0. The van der Waals surface area contributed by atoms with Gasteiger partial charge in [-0.15, -0.1) is 11.8 Å². The first-order valence-electron chi connectivity index (χ1n) is 8.48. The van der Waals surface area contributed by atoms with E-state index in [-0.39, 0.29) is 5.25 Å². The van der Waals surface area contributed by atoms with E-state index in [0.29, 0.717) is 5.91 Å². The van der Waals surface area contributed by atoms with E-state index in [4.69, 9.17) is 0 Å². The van der Waals surface area contributed by atoms with Gasteiger partial charge >= 0.3 is 0 Å². The van der Waals surface area contributed by atoms with Crippen molar-refractivity contribution in [3.05, 3.63) is 35.4 Å². The van der Waals surface area contributed by atoms with Crippen molar-refractivity contribution in [1.29, 1.82) is 0 Å². The van der Waals surface area contributed by atoms with Crippen LogP contribution < -0.4 is 5.32 Å². The lowest BCUT2D eigenvalue weighted by Gasteiger charge is -2.35. The topological polar surface area (TPSA) is 32.3 Å². The minimum absolute atomic E-state index is 0.0234. The minimum Gasteiger partial charge on any atom is -0.341 e. The average molecular weight is 318 g/mol. The van der Waals surface area contributed by atoms with E-state index in [9.17, 15) is 4.79 Å². The van der Waals surface area contributed by atoms with Gasteiger partial charge in [-0.05, 0) is 55.1 Å². The molecule has 1 amide bonds. The first-order chi connectivity index (χ1) is 10.8. The fourth-order valence-electron chi connectivity index (χ4n) is 3.47. The van der Waals surface area contributed by atoms with Crippen LogP contribution in [-0.4, -0.2) is 42.7 Å². The number of piperidine rings is 1. The van der Waals surface area contributed by atoms with Crippen LogP contribution in [0.2, 0.25) is 0 Å². The van der Waals surface area contributed by atoms with Gasteiger partial charge in [0, 0.05) is 13.1 Å². The van der Waals surface area contributed by atoms with Crippen LogP contribution in [0.15, 0.2) is 24.3 Å². The van der Waals surface area contributed by atoms with Gasteiger partial charge in [-0.1, -0.05) is 31.2 Å². The van der Waals surface area contributed by atoms with E-state index in [1.165, 1.54) is 11.1 Å². The lowest BCUT2D eigenvalue weighted by Crippen LogP contribution is -2.42. The first-order valence-corrected chi connectivity index (χ1v) is 9.53. The Bertz CT molecular complexity index is 512. The number of fused-ring (bicyclic) bond motifs is 1. The maximum absolute atomic E-state index is 12.9. The number of aryl methyl sites for hydroxylation is 1. The van der Waals surface area contributed by atoms with Gasteiger partial charge in [-0.3, -0.25) is 4.79 Å². The SMILES string of the molecule is CCNCC1CCN(C(=O)C2SCCc3ccccc32)CC1. The summed E-state index contributed by atoms with van der Waals surface area (Å²) in [5.74, 6) is 2.12. The van der Waals surface area contributed by atoms with Crippen LogP contribution in [0, 0.1) is 5.92 Å². The molecular weight excluding hydrogens is 292 g/mol. The van der Waals surface area contributed by atoms with Crippen molar-refractivity contribution in [2.24, 2.45) is 5.92 Å². The number of carbonyl (C=O) groups is 1. The normalized spacial score (nSPS) is 22.4. The molecule has 120 valence electrons. The number of rotatable bonds is 4. The molecule has 1 unspecified atom stereocenters. The molecule has 1 atom stereocenters. The Balaban J connectivity index is 1.61. The van der Waals surface area contributed by atoms with E-state index >= 15 is 0 Å². The molecule has 2 aliphatic heterocycles. The van der Waals surface area contributed by atoms with Crippen LogP contribution in [0.1, 0.15) is 36.1 Å². The minimum atomic E-state index is 0.0234. The summed E-state index contributed by atoms with van der Waals surface area (Å²) in [6.45, 7) is 6.13. The number of nitrogens with one attached hydrogen (secondary N) is 1. The molecule has 0 aromatic heterocycles. The third kappa shape index (κ3) is 3.49. The third-order valence-corrected chi connectivity index (χ3v) is 6.06. The van der Waals surface area contributed by atoms with Crippen molar-refractivity contribution in [1.82, 2.24) is 10.2 Å². The summed E-state index contributed by atoms with van der Waals surface area (Å²) in [5.41, 5.74) is 2.61. The molecule has 2 aliphatic rings. The fourth-order valence-corrected chi connectivity index (χ4v) is 4.74. The van der Waals surface area contributed by atoms with Crippen LogP contribution in [0.3, 0.4) is 0 Å². The molecule has 0 saturated carbocycles. The molecule has 0 radical (unpaired) electrons. The van der Waals surface area contributed by atoms with E-state index < -0.39 is 0 Å². The smallest absolute Gasteiger partial charge is 0.240 e. The molecule has 4 heteroatoms. The van der Waals surface area contributed by atoms with Crippen LogP contribution in [0.5, 0.6) is 0 Å². The Morgan fingerprint density at radius 1 is 1.32 bits per heavy atom. The summed E-state index contributed by atoms with van der Waals surface area (Å²) in [6.07, 6.45) is 3.37. The standard InChI is InChI=1S/C18H26N2OS/c1-2-19-13-14-7-10-20(11-8-14)18(21)17-16-6-4-3-5-15(16)9-12-22-17/h3-6,14,17,19H,2,7-13H2,1H3. The summed E-state index contributed by atoms with van der Waals surface area (Å²) in [6, 6.07) is 8.47. The zero-order chi connectivity index (χ0) is 15.4. The van der Waals surface area contributed by atoms with Crippen molar-refractivity contribution in [3.8, 4) is 0 Å². The highest BCUT2D eigenvalue weighted by Crippen LogP contribution is 2.38. The molecule has 2 heterocycles. The second-order valence-corrected chi connectivity index (χ2v) is 7.49. The van der Waals surface area contributed by atoms with Gasteiger partial charge in [0.15, 0.2) is 0 Å². The van der Waals surface area contributed by atoms with E-state index in [2.05, 4.69) is 41.4 Å².